The van der Waals surface area contributed by atoms with E-state index in [9.17, 15) is 9.59 Å². The van der Waals surface area contributed by atoms with Crippen LogP contribution in [0, 0.1) is 0 Å². The summed E-state index contributed by atoms with van der Waals surface area (Å²) in [5, 5.41) is -0.184. The quantitative estimate of drug-likeness (QED) is 0.0567. The van der Waals surface area contributed by atoms with E-state index in [2.05, 4.69) is 135 Å². The molecule has 0 aromatic heterocycles. The van der Waals surface area contributed by atoms with E-state index in [-0.39, 0.29) is 5.30 Å². The van der Waals surface area contributed by atoms with Gasteiger partial charge in [-0.15, -0.1) is 0 Å². The first-order valence-electron chi connectivity index (χ1n) is 20.5. The van der Waals surface area contributed by atoms with Crippen molar-refractivity contribution in [3.63, 3.8) is 0 Å². The predicted molar refractivity (Wildman–Crippen MR) is 251 cm³/mol. The van der Waals surface area contributed by atoms with Gasteiger partial charge >= 0.3 is 10.7 Å². The summed E-state index contributed by atoms with van der Waals surface area (Å²) in [5.41, 5.74) is 7.82. The van der Waals surface area contributed by atoms with E-state index in [4.69, 9.17) is 21.1 Å². The Balaban J connectivity index is -0.000000331. The number of rotatable bonds is 20. The maximum Gasteiger partial charge on any atom is 0.403 e. The largest absolute Gasteiger partial charge is 0.458 e. The number of hydrogen-bond donors (Lipinski definition) is 1. The molecule has 0 aliphatic carbocycles. The normalized spacial score (nSPS) is 12.7. The van der Waals surface area contributed by atoms with Crippen LogP contribution in [0.25, 0.3) is 0 Å². The molecule has 0 spiro atoms. The van der Waals surface area contributed by atoms with Crippen molar-refractivity contribution >= 4 is 46.7 Å². The molecule has 1 rings (SSSR count). The van der Waals surface area contributed by atoms with Crippen LogP contribution >= 0.6 is 36.0 Å². The van der Waals surface area contributed by atoms with E-state index in [1.54, 1.807) is 6.92 Å². The topological polar surface area (TPSA) is 65.1 Å². The molecule has 1 heterocycles. The molecule has 0 N–H and O–H groups in total. The highest BCUT2D eigenvalue weighted by Crippen LogP contribution is 2.14. The molecule has 6 nitrogen and oxygen atoms in total. The van der Waals surface area contributed by atoms with Crippen LogP contribution in [0.3, 0.4) is 0 Å². The average Bonchev–Trinajstić information content (AvgIpc) is 3.71. The van der Waals surface area contributed by atoms with Crippen LogP contribution < -0.4 is 0 Å². The molecule has 1 aliphatic heterocycles. The Morgan fingerprint density at radius 3 is 1.27 bits per heavy atom. The van der Waals surface area contributed by atoms with E-state index in [1.165, 1.54) is 96.9 Å². The average molecular weight is 831 g/mol. The van der Waals surface area contributed by atoms with Gasteiger partial charge in [-0.25, -0.2) is 9.59 Å². The number of hydrogen-bond acceptors (Lipinski definition) is 8. The summed E-state index contributed by atoms with van der Waals surface area (Å²) >= 11 is 10.1. The summed E-state index contributed by atoms with van der Waals surface area (Å²) in [4.78, 5) is 23.1. The first kappa shape index (κ1) is 60.0. The van der Waals surface area contributed by atoms with Gasteiger partial charge in [0.15, 0.2) is 0 Å². The fourth-order valence-corrected chi connectivity index (χ4v) is 5.67. The SMILES string of the molecule is C1CCOC1.CC(C)=CCC/C(C)=C/CC/C(C)=C/CS.CCN(CC)CC.CCOC(=O)Cl.CCOC(=O)SC/C=C(\C)CC/C=C(\C)CCC=C(C)C. The minimum Gasteiger partial charge on any atom is -0.458 e. The third kappa shape index (κ3) is 56.7. The molecule has 9 heteroatoms. The lowest BCUT2D eigenvalue weighted by Crippen LogP contribution is -2.21. The van der Waals surface area contributed by atoms with Crippen molar-refractivity contribution < 1.29 is 23.8 Å². The third-order valence-corrected chi connectivity index (χ3v) is 8.99. The molecule has 55 heavy (non-hydrogen) atoms. The fraction of sp³-hybridized carbons (Fsp3) is 0.696. The van der Waals surface area contributed by atoms with Crippen LogP contribution in [0.15, 0.2) is 69.9 Å². The monoisotopic (exact) mass is 830 g/mol. The summed E-state index contributed by atoms with van der Waals surface area (Å²) in [6.07, 6.45) is 25.3. The van der Waals surface area contributed by atoms with Crippen molar-refractivity contribution in [1.29, 1.82) is 0 Å². The maximum atomic E-state index is 11.2. The van der Waals surface area contributed by atoms with Crippen LogP contribution in [0.5, 0.6) is 0 Å². The Kier molecular flexibility index (Phi) is 50.9. The molecule has 0 radical (unpaired) electrons. The predicted octanol–water partition coefficient (Wildman–Crippen LogP) is 15.2. The van der Waals surface area contributed by atoms with E-state index in [1.807, 2.05) is 6.92 Å². The summed E-state index contributed by atoms with van der Waals surface area (Å²) in [7, 11) is 0. The molecule has 1 saturated heterocycles. The first-order valence-corrected chi connectivity index (χ1v) is 22.5. The second-order valence-corrected chi connectivity index (χ2v) is 15.3. The molecule has 0 atom stereocenters. The summed E-state index contributed by atoms with van der Waals surface area (Å²) in [6, 6.07) is 0. The fourth-order valence-electron chi connectivity index (χ4n) is 4.54. The number of halogens is 1. The number of carbonyl (C=O) groups excluding carboxylic acids is 2. The Bertz CT molecular complexity index is 1080. The molecule has 0 unspecified atom stereocenters. The van der Waals surface area contributed by atoms with Gasteiger partial charge in [-0.3, -0.25) is 0 Å². The van der Waals surface area contributed by atoms with E-state index in [0.717, 1.165) is 51.1 Å². The molecule has 0 bridgehead atoms. The van der Waals surface area contributed by atoms with Gasteiger partial charge in [0.25, 0.3) is 0 Å². The molecular weight excluding hydrogens is 746 g/mol. The van der Waals surface area contributed by atoms with Gasteiger partial charge in [0.2, 0.25) is 0 Å². The van der Waals surface area contributed by atoms with Crippen LogP contribution in [0.1, 0.15) is 154 Å². The van der Waals surface area contributed by atoms with Gasteiger partial charge in [0, 0.05) is 36.3 Å². The van der Waals surface area contributed by atoms with Gasteiger partial charge in [-0.05, 0) is 165 Å². The smallest absolute Gasteiger partial charge is 0.403 e. The minimum atomic E-state index is -0.738. The first-order chi connectivity index (χ1) is 26.1. The molecule has 322 valence electrons. The van der Waals surface area contributed by atoms with Gasteiger partial charge < -0.3 is 19.1 Å². The lowest BCUT2D eigenvalue weighted by Gasteiger charge is -2.13. The lowest BCUT2D eigenvalue weighted by atomic mass is 10.1. The molecule has 0 amide bonds. The Morgan fingerprint density at radius 2 is 1.00 bits per heavy atom. The standard InChI is InChI=1S/C18H30O2S.C15H26S.C6H15N.C4H8O.C3H5ClO2/c1-6-20-18(19)21-14-13-17(5)12-8-11-16(4)10-7-9-15(2)3;1-13(2)7-5-8-14(3)9-6-10-15(4)11-12-16;1-4-7(5-2)6-3;1-2-4-5-3-1;1-2-6-3(4)5/h9,11,13H,6-8,10,12,14H2,1-5H3;7,9,11,16H,5-6,8,10,12H2,1-4H3;4-6H2,1-3H3;1-4H2;2H2,1H3/b16-11+,17-13+;14-9+,15-11+;;;. The summed E-state index contributed by atoms with van der Waals surface area (Å²) in [5.74, 6) is 1.56. The zero-order valence-corrected chi connectivity index (χ0v) is 40.1. The summed E-state index contributed by atoms with van der Waals surface area (Å²) < 4.78 is 14.0. The van der Waals surface area contributed by atoms with Crippen molar-refractivity contribution in [3.05, 3.63) is 69.9 Å². The highest BCUT2D eigenvalue weighted by atomic mass is 35.5. The number of ether oxygens (including phenoxy) is 3. The van der Waals surface area contributed by atoms with Crippen molar-refractivity contribution in [2.45, 2.75) is 154 Å². The van der Waals surface area contributed by atoms with Gasteiger partial charge in [0.05, 0.1) is 13.2 Å². The van der Waals surface area contributed by atoms with Crippen LogP contribution in [-0.2, 0) is 14.2 Å². The van der Waals surface area contributed by atoms with Gasteiger partial charge in [-0.2, -0.15) is 12.6 Å². The highest BCUT2D eigenvalue weighted by molar-refractivity contribution is 8.13. The Morgan fingerprint density at radius 1 is 0.618 bits per heavy atom. The van der Waals surface area contributed by atoms with E-state index >= 15 is 0 Å². The Labute approximate surface area is 355 Å². The lowest BCUT2D eigenvalue weighted by molar-refractivity contribution is 0.179. The van der Waals surface area contributed by atoms with Crippen LogP contribution in [-0.4, -0.2) is 73.2 Å². The second kappa shape index (κ2) is 46.7. The van der Waals surface area contributed by atoms with Gasteiger partial charge in [0.1, 0.15) is 0 Å². The number of thioether (sulfide) groups is 1. The second-order valence-electron chi connectivity index (χ2n) is 13.7. The molecule has 0 aromatic carbocycles. The molecule has 1 aliphatic rings. The summed E-state index contributed by atoms with van der Waals surface area (Å²) in [6.45, 7) is 33.8. The molecular formula is C46H84ClNO5S2. The number of carbonyl (C=O) groups is 2. The molecule has 0 saturated carbocycles. The van der Waals surface area contributed by atoms with Crippen molar-refractivity contribution in [1.82, 2.24) is 4.90 Å². The zero-order valence-electron chi connectivity index (χ0n) is 37.6. The van der Waals surface area contributed by atoms with Crippen molar-refractivity contribution in [3.8, 4) is 0 Å². The number of nitrogens with zero attached hydrogens (tertiary/aromatic N) is 1. The minimum absolute atomic E-state index is 0.184. The van der Waals surface area contributed by atoms with Crippen molar-refractivity contribution in [2.75, 3.05) is 57.6 Å². The highest BCUT2D eigenvalue weighted by Gasteiger charge is 2.00. The van der Waals surface area contributed by atoms with Crippen molar-refractivity contribution in [2.24, 2.45) is 0 Å². The number of thiol groups is 1. The maximum absolute atomic E-state index is 11.2. The van der Waals surface area contributed by atoms with E-state index in [0.29, 0.717) is 19.0 Å². The van der Waals surface area contributed by atoms with Crippen LogP contribution in [0.2, 0.25) is 0 Å². The van der Waals surface area contributed by atoms with E-state index < -0.39 is 5.43 Å². The third-order valence-electron chi connectivity index (χ3n) is 8.01. The van der Waals surface area contributed by atoms with Gasteiger partial charge in [-0.1, -0.05) is 90.7 Å². The Hall–Kier alpha value is -1.71. The molecule has 0 aromatic rings. The van der Waals surface area contributed by atoms with Crippen LogP contribution in [0.4, 0.5) is 9.59 Å². The number of allylic oxidation sites excluding steroid dienone is 10. The zero-order chi connectivity index (χ0) is 42.7. The molecule has 1 fully saturated rings.